The van der Waals surface area contributed by atoms with Gasteiger partial charge in [-0.3, -0.25) is 4.98 Å². The van der Waals surface area contributed by atoms with Gasteiger partial charge in [0.25, 0.3) is 0 Å². The van der Waals surface area contributed by atoms with Crippen molar-refractivity contribution in [2.45, 2.75) is 33.2 Å². The van der Waals surface area contributed by atoms with Crippen molar-refractivity contribution >= 4 is 17.4 Å². The fourth-order valence-electron chi connectivity index (χ4n) is 1.90. The molecule has 0 saturated carbocycles. The summed E-state index contributed by atoms with van der Waals surface area (Å²) in [4.78, 5) is 12.7. The van der Waals surface area contributed by atoms with Crippen LogP contribution in [0.5, 0.6) is 0 Å². The molecule has 0 spiro atoms. The van der Waals surface area contributed by atoms with E-state index in [2.05, 4.69) is 34.1 Å². The number of aromatic nitrogens is 3. The quantitative estimate of drug-likeness (QED) is 0.868. The third kappa shape index (κ3) is 3.41. The predicted octanol–water partition coefficient (Wildman–Crippen LogP) is 3.57. The second kappa shape index (κ2) is 5.97. The first kappa shape index (κ1) is 13.7. The van der Waals surface area contributed by atoms with Crippen LogP contribution >= 0.6 is 11.6 Å². The second-order valence-electron chi connectivity index (χ2n) is 4.71. The number of halogens is 1. The maximum absolute atomic E-state index is 6.12. The van der Waals surface area contributed by atoms with Gasteiger partial charge >= 0.3 is 0 Å². The van der Waals surface area contributed by atoms with Gasteiger partial charge in [-0.2, -0.15) is 0 Å². The minimum Gasteiger partial charge on any atom is -0.364 e. The number of nitrogens with zero attached hydrogens (tertiary/aromatic N) is 3. The molecule has 0 fully saturated rings. The Kier molecular flexibility index (Phi) is 4.32. The monoisotopic (exact) mass is 276 g/mol. The second-order valence-corrected chi connectivity index (χ2v) is 5.06. The summed E-state index contributed by atoms with van der Waals surface area (Å²) in [6, 6.07) is 5.96. The summed E-state index contributed by atoms with van der Waals surface area (Å²) in [6.45, 7) is 6.74. The molecule has 2 rings (SSSR count). The largest absolute Gasteiger partial charge is 0.364 e. The molecule has 0 aliphatic carbocycles. The lowest BCUT2D eigenvalue weighted by Gasteiger charge is -2.14. The summed E-state index contributed by atoms with van der Waals surface area (Å²) in [7, 11) is 0. The van der Waals surface area contributed by atoms with Crippen molar-refractivity contribution in [1.29, 1.82) is 0 Å². The highest BCUT2D eigenvalue weighted by Gasteiger charge is 2.13. The molecule has 0 atom stereocenters. The third-order valence-corrected chi connectivity index (χ3v) is 3.10. The SMILES string of the molecule is Cc1cccc(CNc2ncnc(Cl)c2C(C)C)n1. The molecule has 2 aromatic heterocycles. The lowest BCUT2D eigenvalue weighted by molar-refractivity contribution is 0.842. The van der Waals surface area contributed by atoms with Gasteiger partial charge in [0.1, 0.15) is 17.3 Å². The fraction of sp³-hybridized carbons (Fsp3) is 0.357. The van der Waals surface area contributed by atoms with E-state index in [0.29, 0.717) is 11.7 Å². The van der Waals surface area contributed by atoms with Crippen LogP contribution in [-0.4, -0.2) is 15.0 Å². The zero-order valence-corrected chi connectivity index (χ0v) is 12.1. The van der Waals surface area contributed by atoms with E-state index >= 15 is 0 Å². The molecule has 0 aliphatic rings. The van der Waals surface area contributed by atoms with Crippen molar-refractivity contribution < 1.29 is 0 Å². The molecule has 19 heavy (non-hydrogen) atoms. The molecule has 0 radical (unpaired) electrons. The molecule has 2 aromatic rings. The smallest absolute Gasteiger partial charge is 0.138 e. The van der Waals surface area contributed by atoms with Crippen molar-refractivity contribution in [2.75, 3.05) is 5.32 Å². The molecule has 0 bridgehead atoms. The standard InChI is InChI=1S/C14H17ClN4/c1-9(2)12-13(15)17-8-18-14(12)16-7-11-6-4-5-10(3)19-11/h4-6,8-9H,7H2,1-3H3,(H,16,17,18). The first-order valence-electron chi connectivity index (χ1n) is 6.24. The van der Waals surface area contributed by atoms with E-state index in [1.807, 2.05) is 25.1 Å². The topological polar surface area (TPSA) is 50.7 Å². The van der Waals surface area contributed by atoms with Crippen molar-refractivity contribution in [3.63, 3.8) is 0 Å². The molecular formula is C14H17ClN4. The number of hydrogen-bond acceptors (Lipinski definition) is 4. The van der Waals surface area contributed by atoms with Gasteiger partial charge in [0.05, 0.1) is 12.2 Å². The van der Waals surface area contributed by atoms with Gasteiger partial charge < -0.3 is 5.32 Å². The number of pyridine rings is 1. The van der Waals surface area contributed by atoms with Crippen molar-refractivity contribution in [3.8, 4) is 0 Å². The summed E-state index contributed by atoms with van der Waals surface area (Å²) in [5, 5.41) is 3.79. The van der Waals surface area contributed by atoms with E-state index in [9.17, 15) is 0 Å². The van der Waals surface area contributed by atoms with Gasteiger partial charge in [-0.25, -0.2) is 9.97 Å². The normalized spacial score (nSPS) is 10.8. The van der Waals surface area contributed by atoms with Crippen LogP contribution in [0.4, 0.5) is 5.82 Å². The zero-order chi connectivity index (χ0) is 13.8. The number of aryl methyl sites for hydroxylation is 1. The first-order valence-corrected chi connectivity index (χ1v) is 6.62. The number of nitrogens with one attached hydrogen (secondary N) is 1. The average Bonchev–Trinajstić information content (AvgIpc) is 2.36. The van der Waals surface area contributed by atoms with Crippen molar-refractivity contribution in [2.24, 2.45) is 0 Å². The van der Waals surface area contributed by atoms with E-state index in [-0.39, 0.29) is 5.92 Å². The molecule has 4 nitrogen and oxygen atoms in total. The Morgan fingerprint density at radius 1 is 1.26 bits per heavy atom. The van der Waals surface area contributed by atoms with Gasteiger partial charge in [-0.15, -0.1) is 0 Å². The Bertz CT molecular complexity index is 569. The summed E-state index contributed by atoms with van der Waals surface area (Å²) >= 11 is 6.12. The summed E-state index contributed by atoms with van der Waals surface area (Å²) in [5.74, 6) is 1.04. The van der Waals surface area contributed by atoms with Crippen LogP contribution < -0.4 is 5.32 Å². The maximum atomic E-state index is 6.12. The highest BCUT2D eigenvalue weighted by atomic mass is 35.5. The van der Waals surface area contributed by atoms with E-state index in [0.717, 1.165) is 22.8 Å². The molecule has 1 N–H and O–H groups in total. The highest BCUT2D eigenvalue weighted by molar-refractivity contribution is 6.30. The van der Waals surface area contributed by atoms with Crippen LogP contribution in [-0.2, 0) is 6.54 Å². The van der Waals surface area contributed by atoms with E-state index in [1.54, 1.807) is 0 Å². The molecule has 0 unspecified atom stereocenters. The van der Waals surface area contributed by atoms with Crippen LogP contribution in [0.15, 0.2) is 24.5 Å². The first-order chi connectivity index (χ1) is 9.08. The molecule has 5 heteroatoms. The maximum Gasteiger partial charge on any atom is 0.138 e. The number of anilines is 1. The van der Waals surface area contributed by atoms with Crippen LogP contribution in [0.3, 0.4) is 0 Å². The number of hydrogen-bond donors (Lipinski definition) is 1. The summed E-state index contributed by atoms with van der Waals surface area (Å²) < 4.78 is 0. The average molecular weight is 277 g/mol. The third-order valence-electron chi connectivity index (χ3n) is 2.80. The molecule has 0 aromatic carbocycles. The van der Waals surface area contributed by atoms with Gasteiger partial charge in [0.2, 0.25) is 0 Å². The van der Waals surface area contributed by atoms with Gasteiger partial charge in [0, 0.05) is 11.3 Å². The van der Waals surface area contributed by atoms with E-state index in [4.69, 9.17) is 11.6 Å². The van der Waals surface area contributed by atoms with E-state index in [1.165, 1.54) is 6.33 Å². The predicted molar refractivity (Wildman–Crippen MR) is 77.4 cm³/mol. The van der Waals surface area contributed by atoms with Crippen molar-refractivity contribution in [1.82, 2.24) is 15.0 Å². The zero-order valence-electron chi connectivity index (χ0n) is 11.3. The minimum atomic E-state index is 0.265. The van der Waals surface area contributed by atoms with Crippen molar-refractivity contribution in [3.05, 3.63) is 46.6 Å². The Hall–Kier alpha value is -1.68. The molecule has 0 saturated heterocycles. The Labute approximate surface area is 118 Å². The minimum absolute atomic E-state index is 0.265. The lowest BCUT2D eigenvalue weighted by atomic mass is 10.1. The molecule has 0 amide bonds. The van der Waals surface area contributed by atoms with Gasteiger partial charge in [-0.1, -0.05) is 31.5 Å². The lowest BCUT2D eigenvalue weighted by Crippen LogP contribution is -2.08. The molecule has 100 valence electrons. The summed E-state index contributed by atoms with van der Waals surface area (Å²) in [5.41, 5.74) is 2.92. The Balaban J connectivity index is 2.18. The van der Waals surface area contributed by atoms with Gasteiger partial charge in [-0.05, 0) is 25.0 Å². The van der Waals surface area contributed by atoms with E-state index < -0.39 is 0 Å². The van der Waals surface area contributed by atoms with Crippen LogP contribution in [0.2, 0.25) is 5.15 Å². The number of rotatable bonds is 4. The molecule has 0 aliphatic heterocycles. The Morgan fingerprint density at radius 3 is 2.74 bits per heavy atom. The highest BCUT2D eigenvalue weighted by Crippen LogP contribution is 2.28. The van der Waals surface area contributed by atoms with Crippen LogP contribution in [0.1, 0.15) is 36.7 Å². The molecular weight excluding hydrogens is 260 g/mol. The van der Waals surface area contributed by atoms with Crippen LogP contribution in [0.25, 0.3) is 0 Å². The fourth-order valence-corrected chi connectivity index (χ4v) is 2.25. The van der Waals surface area contributed by atoms with Gasteiger partial charge in [0.15, 0.2) is 0 Å². The molecule has 2 heterocycles. The Morgan fingerprint density at radius 2 is 2.05 bits per heavy atom. The summed E-state index contributed by atoms with van der Waals surface area (Å²) in [6.07, 6.45) is 1.47. The van der Waals surface area contributed by atoms with Crippen LogP contribution in [0, 0.1) is 6.92 Å².